The van der Waals surface area contributed by atoms with E-state index in [1.54, 1.807) is 0 Å². The van der Waals surface area contributed by atoms with Gasteiger partial charge in [-0.15, -0.1) is 0 Å². The van der Waals surface area contributed by atoms with Gasteiger partial charge in [0.2, 0.25) is 0 Å². The number of allylic oxidation sites excluding steroid dienone is 2. The highest BCUT2D eigenvalue weighted by atomic mass is 16.1. The summed E-state index contributed by atoms with van der Waals surface area (Å²) < 4.78 is 0. The molecular formula is C8H16O2. The number of rotatable bonds is 4. The predicted octanol–water partition coefficient (Wildman–Crippen LogP) is 1.50. The molecule has 0 saturated heterocycles. The topological polar surface area (TPSA) is 48.6 Å². The Labute approximate surface area is 62.2 Å². The summed E-state index contributed by atoms with van der Waals surface area (Å²) in [5, 5.41) is 0. The zero-order valence-corrected chi connectivity index (χ0v) is 6.68. The summed E-state index contributed by atoms with van der Waals surface area (Å²) in [6, 6.07) is 0. The minimum atomic E-state index is 0. The highest BCUT2D eigenvalue weighted by Gasteiger charge is 1.86. The number of unbranched alkanes of at least 4 members (excludes halogenated alkanes) is 1. The van der Waals surface area contributed by atoms with Crippen LogP contribution in [0, 0.1) is 0 Å². The van der Waals surface area contributed by atoms with Crippen molar-refractivity contribution in [3.05, 3.63) is 11.6 Å². The smallest absolute Gasteiger partial charge is 0.145 e. The van der Waals surface area contributed by atoms with E-state index in [4.69, 9.17) is 0 Å². The van der Waals surface area contributed by atoms with Crippen molar-refractivity contribution in [2.75, 3.05) is 0 Å². The third-order valence-corrected chi connectivity index (χ3v) is 1.25. The van der Waals surface area contributed by atoms with E-state index in [2.05, 4.69) is 6.92 Å². The van der Waals surface area contributed by atoms with E-state index in [0.717, 1.165) is 31.1 Å². The highest BCUT2D eigenvalue weighted by Crippen LogP contribution is 1.99. The van der Waals surface area contributed by atoms with E-state index in [9.17, 15) is 4.79 Å². The molecule has 0 atom stereocenters. The van der Waals surface area contributed by atoms with Gasteiger partial charge in [0.1, 0.15) is 6.29 Å². The average Bonchev–Trinajstić information content (AvgIpc) is 1.91. The third-order valence-electron chi connectivity index (χ3n) is 1.25. The molecular weight excluding hydrogens is 128 g/mol. The molecule has 0 unspecified atom stereocenters. The lowest BCUT2D eigenvalue weighted by Crippen LogP contribution is -1.80. The lowest BCUT2D eigenvalue weighted by Gasteiger charge is -1.90. The van der Waals surface area contributed by atoms with Crippen LogP contribution in [0.1, 0.15) is 33.1 Å². The maximum Gasteiger partial charge on any atom is 0.145 e. The van der Waals surface area contributed by atoms with Gasteiger partial charge in [-0.2, -0.15) is 0 Å². The van der Waals surface area contributed by atoms with Gasteiger partial charge in [-0.05, 0) is 18.4 Å². The van der Waals surface area contributed by atoms with E-state index < -0.39 is 0 Å². The van der Waals surface area contributed by atoms with Crippen LogP contribution in [-0.2, 0) is 4.79 Å². The Bertz CT molecular complexity index is 106. The minimum absolute atomic E-state index is 0. The molecule has 2 heteroatoms. The fourth-order valence-corrected chi connectivity index (χ4v) is 0.606. The first-order valence-electron chi connectivity index (χ1n) is 3.49. The molecule has 0 radical (unpaired) electrons. The molecule has 0 aromatic heterocycles. The van der Waals surface area contributed by atoms with Crippen molar-refractivity contribution in [2.45, 2.75) is 33.1 Å². The van der Waals surface area contributed by atoms with Gasteiger partial charge in [0.05, 0.1) is 0 Å². The molecule has 0 rings (SSSR count). The average molecular weight is 144 g/mol. The Morgan fingerprint density at radius 3 is 2.30 bits per heavy atom. The maximum absolute atomic E-state index is 10.2. The van der Waals surface area contributed by atoms with E-state index in [1.165, 1.54) is 0 Å². The number of carbonyl (C=O) groups excluding carboxylic acids is 1. The first-order chi connectivity index (χ1) is 4.35. The molecule has 60 valence electrons. The zero-order valence-electron chi connectivity index (χ0n) is 6.68. The van der Waals surface area contributed by atoms with E-state index in [0.29, 0.717) is 0 Å². The van der Waals surface area contributed by atoms with E-state index in [1.807, 2.05) is 13.0 Å². The Morgan fingerprint density at radius 1 is 1.40 bits per heavy atom. The van der Waals surface area contributed by atoms with Crippen LogP contribution in [0.2, 0.25) is 0 Å². The first-order valence-corrected chi connectivity index (χ1v) is 3.49. The third kappa shape index (κ3) is 5.51. The lowest BCUT2D eigenvalue weighted by atomic mass is 10.2. The molecule has 0 aliphatic carbocycles. The first kappa shape index (κ1) is 12.1. The Hall–Kier alpha value is -0.630. The summed E-state index contributed by atoms with van der Waals surface area (Å²) in [6.45, 7) is 4.10. The Balaban J connectivity index is 0. The van der Waals surface area contributed by atoms with Crippen molar-refractivity contribution in [3.63, 3.8) is 0 Å². The molecule has 2 nitrogen and oxygen atoms in total. The van der Waals surface area contributed by atoms with Crippen molar-refractivity contribution in [3.8, 4) is 0 Å². The summed E-state index contributed by atoms with van der Waals surface area (Å²) in [4.78, 5) is 10.2. The molecule has 0 fully saturated rings. The number of hydrogen-bond donors (Lipinski definition) is 0. The van der Waals surface area contributed by atoms with Gasteiger partial charge < -0.3 is 5.48 Å². The fourth-order valence-electron chi connectivity index (χ4n) is 0.606. The standard InChI is InChI=1S/C8H14O.H2O/c1-3-5-6-8(4-2)7-9;/h6-7H,3-5H2,1-2H3;1H2. The largest absolute Gasteiger partial charge is 0.412 e. The van der Waals surface area contributed by atoms with Crippen molar-refractivity contribution in [1.29, 1.82) is 0 Å². The Morgan fingerprint density at radius 2 is 2.00 bits per heavy atom. The second kappa shape index (κ2) is 8.37. The SMILES string of the molecule is CCCC=C(C=O)CC.O. The summed E-state index contributed by atoms with van der Waals surface area (Å²) in [5.41, 5.74) is 0.928. The minimum Gasteiger partial charge on any atom is -0.412 e. The summed E-state index contributed by atoms with van der Waals surface area (Å²) >= 11 is 0. The molecule has 2 N–H and O–H groups in total. The lowest BCUT2D eigenvalue weighted by molar-refractivity contribution is -0.105. The summed E-state index contributed by atoms with van der Waals surface area (Å²) in [5.74, 6) is 0. The van der Waals surface area contributed by atoms with Crippen LogP contribution >= 0.6 is 0 Å². The molecule has 0 heterocycles. The van der Waals surface area contributed by atoms with Gasteiger partial charge >= 0.3 is 0 Å². The molecule has 0 spiro atoms. The normalized spacial score (nSPS) is 10.4. The molecule has 0 bridgehead atoms. The van der Waals surface area contributed by atoms with Crippen LogP contribution in [0.3, 0.4) is 0 Å². The maximum atomic E-state index is 10.2. The van der Waals surface area contributed by atoms with Crippen LogP contribution in [0.15, 0.2) is 11.6 Å². The van der Waals surface area contributed by atoms with Gasteiger partial charge in [0, 0.05) is 0 Å². The molecule has 0 saturated carbocycles. The molecule has 0 aliphatic rings. The predicted molar refractivity (Wildman–Crippen MR) is 43.0 cm³/mol. The van der Waals surface area contributed by atoms with Gasteiger partial charge in [-0.25, -0.2) is 0 Å². The fraction of sp³-hybridized carbons (Fsp3) is 0.625. The van der Waals surface area contributed by atoms with Crippen molar-refractivity contribution < 1.29 is 10.3 Å². The molecule has 0 aliphatic heterocycles. The number of hydrogen-bond acceptors (Lipinski definition) is 1. The molecule has 0 amide bonds. The second-order valence-corrected chi connectivity index (χ2v) is 2.04. The number of aldehydes is 1. The van der Waals surface area contributed by atoms with Crippen LogP contribution in [0.4, 0.5) is 0 Å². The van der Waals surface area contributed by atoms with Gasteiger partial charge in [-0.3, -0.25) is 4.79 Å². The van der Waals surface area contributed by atoms with Crippen LogP contribution in [0.25, 0.3) is 0 Å². The van der Waals surface area contributed by atoms with Crippen molar-refractivity contribution in [1.82, 2.24) is 0 Å². The van der Waals surface area contributed by atoms with Gasteiger partial charge in [0.15, 0.2) is 0 Å². The zero-order chi connectivity index (χ0) is 7.11. The monoisotopic (exact) mass is 144 g/mol. The molecule has 0 aromatic rings. The Kier molecular flexibility index (Phi) is 10.1. The van der Waals surface area contributed by atoms with Crippen LogP contribution in [0.5, 0.6) is 0 Å². The highest BCUT2D eigenvalue weighted by molar-refractivity contribution is 5.72. The van der Waals surface area contributed by atoms with Gasteiger partial charge in [0.25, 0.3) is 0 Å². The van der Waals surface area contributed by atoms with Crippen molar-refractivity contribution in [2.24, 2.45) is 0 Å². The second-order valence-electron chi connectivity index (χ2n) is 2.04. The number of carbonyl (C=O) groups is 1. The molecule has 10 heavy (non-hydrogen) atoms. The van der Waals surface area contributed by atoms with Crippen molar-refractivity contribution >= 4 is 6.29 Å². The van der Waals surface area contributed by atoms with E-state index in [-0.39, 0.29) is 5.48 Å². The van der Waals surface area contributed by atoms with Gasteiger partial charge in [-0.1, -0.05) is 26.3 Å². The molecule has 0 aromatic carbocycles. The summed E-state index contributed by atoms with van der Waals surface area (Å²) in [7, 11) is 0. The van der Waals surface area contributed by atoms with Crippen LogP contribution < -0.4 is 0 Å². The quantitative estimate of drug-likeness (QED) is 0.435. The van der Waals surface area contributed by atoms with Crippen LogP contribution in [-0.4, -0.2) is 11.8 Å². The summed E-state index contributed by atoms with van der Waals surface area (Å²) in [6.07, 6.45) is 5.96. The van der Waals surface area contributed by atoms with E-state index >= 15 is 0 Å².